The van der Waals surface area contributed by atoms with Gasteiger partial charge in [-0.3, -0.25) is 9.05 Å². The Morgan fingerprint density at radius 3 is 2.07 bits per heavy atom. The van der Waals surface area contributed by atoms with Gasteiger partial charge in [-0.25, -0.2) is 18.5 Å². The van der Waals surface area contributed by atoms with Gasteiger partial charge < -0.3 is 34.3 Å². The molecule has 4 atom stereocenters. The number of benzene rings is 2. The number of nitrogens with zero attached hydrogens (tertiary/aromatic N) is 5. The van der Waals surface area contributed by atoms with E-state index in [2.05, 4.69) is 17.0 Å². The van der Waals surface area contributed by atoms with E-state index in [-0.39, 0.29) is 48.4 Å². The van der Waals surface area contributed by atoms with Crippen molar-refractivity contribution in [3.8, 4) is 18.1 Å². The number of rotatable bonds is 37. The lowest BCUT2D eigenvalue weighted by atomic mass is 10.0. The van der Waals surface area contributed by atoms with Crippen molar-refractivity contribution in [2.45, 2.75) is 167 Å². The summed E-state index contributed by atoms with van der Waals surface area (Å²) >= 11 is 6.41. The van der Waals surface area contributed by atoms with E-state index < -0.39 is 44.3 Å². The lowest BCUT2D eigenvalue weighted by Gasteiger charge is -2.29. The second kappa shape index (κ2) is 31.0. The normalized spacial score (nSPS) is 13.9. The maximum absolute atomic E-state index is 14.6. The first kappa shape index (κ1) is 56.2. The Morgan fingerprint density at radius 1 is 0.853 bits per heavy atom. The predicted molar refractivity (Wildman–Crippen MR) is 259 cm³/mol. The minimum atomic E-state index is -4.63. The second-order valence-corrected chi connectivity index (χ2v) is 19.5. The number of aliphatic hydroxyl groups is 1. The molecular formula is C50H71ClFN6O9P. The number of nitrogen functional groups attached to an aromatic ring is 1. The van der Waals surface area contributed by atoms with E-state index in [1.807, 2.05) is 6.07 Å². The van der Waals surface area contributed by atoms with Crippen LogP contribution in [-0.4, -0.2) is 64.1 Å². The van der Waals surface area contributed by atoms with E-state index >= 15 is 0 Å². The maximum atomic E-state index is 14.6. The number of phosphoric ester groups is 1. The Balaban J connectivity index is 1.36. The molecule has 2 aromatic carbocycles. The highest BCUT2D eigenvalue weighted by Crippen LogP contribution is 2.51. The van der Waals surface area contributed by atoms with Crippen molar-refractivity contribution in [2.24, 2.45) is 0 Å². The molecule has 3 N–H and O–H groups in total. The lowest BCUT2D eigenvalue weighted by molar-refractivity contribution is -0.214. The summed E-state index contributed by atoms with van der Waals surface area (Å²) in [6.45, 7) is 4.57. The van der Waals surface area contributed by atoms with Gasteiger partial charge >= 0.3 is 7.82 Å². The number of nitriles is 2. The molecule has 0 saturated heterocycles. The summed E-state index contributed by atoms with van der Waals surface area (Å²) < 4.78 is 71.6. The van der Waals surface area contributed by atoms with Crippen molar-refractivity contribution in [1.82, 2.24) is 14.6 Å². The van der Waals surface area contributed by atoms with Gasteiger partial charge in [-0.1, -0.05) is 133 Å². The van der Waals surface area contributed by atoms with E-state index in [0.29, 0.717) is 23.4 Å². The minimum Gasteiger partial charge on any atom is -0.422 e. The number of nitrogens with two attached hydrogens (primary N) is 1. The van der Waals surface area contributed by atoms with Crippen LogP contribution in [0, 0.1) is 28.7 Å². The number of aromatic nitrogens is 3. The molecule has 2 aromatic heterocycles. The third-order valence-corrected chi connectivity index (χ3v) is 12.8. The number of para-hydroxylation sites is 1. The first-order valence-electron chi connectivity index (χ1n) is 24.1. The van der Waals surface area contributed by atoms with Crippen LogP contribution in [0.4, 0.5) is 10.2 Å². The standard InChI is InChI=1S/C50H71ClFN6O9P/c1-4-5-6-7-8-9-10-11-12-13-14-15-16-17-18-19-22-27-61-34-43(62-33-40-28-39(32-53)29-41(52)30-40)36-65-68(60,67-47-24-21-20-23-44(47)51)64-35-42(63-37-54)31-48(66-50(2,3)59)45-25-26-46-49(55)56-38-57-58(45)46/h20-21,23-26,28-30,38,42-43,48,59H,4-19,22,27,31,33-36H2,1-3H3,(H2,55,56,57)/t42-,43+,48+,68?/m0/s1. The van der Waals surface area contributed by atoms with Crippen LogP contribution in [-0.2, 0) is 39.2 Å². The summed E-state index contributed by atoms with van der Waals surface area (Å²) in [5.74, 6) is -2.04. The molecule has 4 rings (SSSR count). The molecule has 4 aromatic rings. The number of hydrogen-bond acceptors (Lipinski definition) is 14. The number of hydrogen-bond donors (Lipinski definition) is 2. The Morgan fingerprint density at radius 2 is 1.47 bits per heavy atom. The molecule has 0 aliphatic rings. The zero-order valence-corrected chi connectivity index (χ0v) is 41.6. The van der Waals surface area contributed by atoms with Gasteiger partial charge in [0.15, 0.2) is 11.6 Å². The molecule has 0 spiro atoms. The second-order valence-electron chi connectivity index (χ2n) is 17.5. The van der Waals surface area contributed by atoms with Crippen molar-refractivity contribution in [3.63, 3.8) is 0 Å². The topological polar surface area (TPSA) is 206 Å². The lowest BCUT2D eigenvalue weighted by Crippen LogP contribution is -2.31. The maximum Gasteiger partial charge on any atom is 0.530 e. The molecule has 0 aliphatic heterocycles. The van der Waals surface area contributed by atoms with Gasteiger partial charge in [0.1, 0.15) is 41.7 Å². The van der Waals surface area contributed by atoms with Crippen molar-refractivity contribution in [1.29, 1.82) is 10.5 Å². The summed E-state index contributed by atoms with van der Waals surface area (Å²) in [6, 6.07) is 15.5. The first-order chi connectivity index (χ1) is 32.8. The fourth-order valence-electron chi connectivity index (χ4n) is 7.64. The zero-order valence-electron chi connectivity index (χ0n) is 40.0. The van der Waals surface area contributed by atoms with Gasteiger partial charge in [0.2, 0.25) is 0 Å². The van der Waals surface area contributed by atoms with E-state index in [0.717, 1.165) is 25.3 Å². The van der Waals surface area contributed by atoms with Gasteiger partial charge in [-0.15, -0.1) is 0 Å². The summed E-state index contributed by atoms with van der Waals surface area (Å²) in [5.41, 5.74) is 7.52. The zero-order chi connectivity index (χ0) is 49.0. The Labute approximate surface area is 406 Å². The SMILES string of the molecule is CCCCCCCCCCCCCCCCCCCOC[C@H](COP(=O)(OC[C@H](C[C@@H](OC(C)(C)O)c1ccc2c(N)ncnn12)OC#N)Oc1ccccc1Cl)OCc1cc(F)cc(C#N)c1. The monoisotopic (exact) mass is 984 g/mol. The molecule has 1 unspecified atom stereocenters. The van der Waals surface area contributed by atoms with Crippen molar-refractivity contribution in [2.75, 3.05) is 32.2 Å². The van der Waals surface area contributed by atoms with Gasteiger partial charge in [-0.2, -0.15) is 15.6 Å². The van der Waals surface area contributed by atoms with E-state index in [9.17, 15) is 24.6 Å². The third-order valence-electron chi connectivity index (χ3n) is 11.1. The third kappa shape index (κ3) is 21.5. The number of unbranched alkanes of at least 4 members (excludes halogenated alkanes) is 16. The number of ether oxygens (including phenoxy) is 4. The highest BCUT2D eigenvalue weighted by atomic mass is 35.5. The quantitative estimate of drug-likeness (QED) is 0.0187. The fraction of sp³-hybridized carbons (Fsp3) is 0.600. The number of anilines is 1. The van der Waals surface area contributed by atoms with Crippen LogP contribution in [0.25, 0.3) is 5.52 Å². The predicted octanol–water partition coefficient (Wildman–Crippen LogP) is 12.5. The number of phosphoric acid groups is 1. The van der Waals surface area contributed by atoms with Crippen LogP contribution in [0.2, 0.25) is 5.02 Å². The molecule has 0 saturated carbocycles. The highest BCUT2D eigenvalue weighted by molar-refractivity contribution is 7.48. The summed E-state index contributed by atoms with van der Waals surface area (Å²) in [5, 5.41) is 34.2. The minimum absolute atomic E-state index is 0.00765. The fourth-order valence-corrected chi connectivity index (χ4v) is 9.14. The molecule has 374 valence electrons. The van der Waals surface area contributed by atoms with E-state index in [4.69, 9.17) is 49.9 Å². The Kier molecular flexibility index (Phi) is 25.6. The van der Waals surface area contributed by atoms with Crippen LogP contribution in [0.15, 0.2) is 60.9 Å². The molecule has 68 heavy (non-hydrogen) atoms. The molecule has 18 heteroatoms. The van der Waals surface area contributed by atoms with Gasteiger partial charge in [0.05, 0.1) is 48.8 Å². The summed E-state index contributed by atoms with van der Waals surface area (Å²) in [4.78, 5) is 4.02. The van der Waals surface area contributed by atoms with Gasteiger partial charge in [0.25, 0.3) is 6.26 Å². The molecule has 0 radical (unpaired) electrons. The van der Waals surface area contributed by atoms with E-state index in [1.54, 1.807) is 30.5 Å². The van der Waals surface area contributed by atoms with Crippen molar-refractivity contribution >= 4 is 30.8 Å². The number of fused-ring (bicyclic) bond motifs is 1. The van der Waals surface area contributed by atoms with Crippen LogP contribution >= 0.6 is 19.4 Å². The molecular weight excluding hydrogens is 914 g/mol. The van der Waals surface area contributed by atoms with Crippen LogP contribution in [0.1, 0.15) is 159 Å². The summed E-state index contributed by atoms with van der Waals surface area (Å²) in [6.07, 6.45) is 21.3. The Bertz CT molecular complexity index is 2200. The number of halogens is 2. The molecule has 2 heterocycles. The molecule has 15 nitrogen and oxygen atoms in total. The summed E-state index contributed by atoms with van der Waals surface area (Å²) in [7, 11) is -4.63. The van der Waals surface area contributed by atoms with Crippen LogP contribution in [0.5, 0.6) is 5.75 Å². The van der Waals surface area contributed by atoms with E-state index in [1.165, 1.54) is 139 Å². The molecule has 0 bridgehead atoms. The van der Waals surface area contributed by atoms with Crippen molar-refractivity contribution in [3.05, 3.63) is 88.6 Å². The molecule has 0 amide bonds. The largest absolute Gasteiger partial charge is 0.530 e. The highest BCUT2D eigenvalue weighted by Gasteiger charge is 2.35. The van der Waals surface area contributed by atoms with Gasteiger partial charge in [-0.05, 0) is 68.3 Å². The van der Waals surface area contributed by atoms with Gasteiger partial charge in [0, 0.05) is 13.0 Å². The van der Waals surface area contributed by atoms with Crippen molar-refractivity contribution < 1.29 is 46.6 Å². The van der Waals surface area contributed by atoms with Crippen LogP contribution < -0.4 is 10.3 Å². The molecule has 0 aliphatic carbocycles. The average molecular weight is 986 g/mol. The smallest absolute Gasteiger partial charge is 0.422 e. The molecule has 0 fully saturated rings. The first-order valence-corrected chi connectivity index (χ1v) is 25.9. The Hall–Kier alpha value is -4.35. The average Bonchev–Trinajstić information content (AvgIpc) is 3.75. The van der Waals surface area contributed by atoms with Crippen LogP contribution in [0.3, 0.4) is 0 Å².